The Morgan fingerprint density at radius 1 is 1.00 bits per heavy atom. The van der Waals surface area contributed by atoms with Crippen molar-refractivity contribution in [2.24, 2.45) is 0 Å². The van der Waals surface area contributed by atoms with E-state index in [1.54, 1.807) is 11.5 Å². The zero-order valence-electron chi connectivity index (χ0n) is 20.1. The largest absolute Gasteiger partial charge is 0.371 e. The number of aryl methyl sites for hydroxylation is 2. The fourth-order valence-electron chi connectivity index (χ4n) is 4.29. The molecule has 36 heavy (non-hydrogen) atoms. The maximum atomic E-state index is 14.2. The number of rotatable bonds is 5. The summed E-state index contributed by atoms with van der Waals surface area (Å²) in [6.45, 7) is 13.1. The number of nitrogens with zero attached hydrogens (tertiary/aromatic N) is 6. The van der Waals surface area contributed by atoms with Crippen LogP contribution in [0.2, 0.25) is 0 Å². The summed E-state index contributed by atoms with van der Waals surface area (Å²) in [6.07, 6.45) is 3.02. The molecule has 176 valence electrons. The van der Waals surface area contributed by atoms with E-state index in [1.165, 1.54) is 12.5 Å². The number of para-hydroxylation sites is 1. The highest BCUT2D eigenvalue weighted by molar-refractivity contribution is 5.95. The molecule has 0 saturated heterocycles. The minimum absolute atomic E-state index is 0.154. The van der Waals surface area contributed by atoms with E-state index in [4.69, 9.17) is 6.57 Å². The molecule has 5 rings (SSSR count). The summed E-state index contributed by atoms with van der Waals surface area (Å²) in [5, 5.41) is 4.71. The Morgan fingerprint density at radius 3 is 2.56 bits per heavy atom. The van der Waals surface area contributed by atoms with Gasteiger partial charge in [-0.2, -0.15) is 0 Å². The van der Waals surface area contributed by atoms with Crippen molar-refractivity contribution in [1.82, 2.24) is 24.5 Å². The van der Waals surface area contributed by atoms with Gasteiger partial charge in [-0.15, -0.1) is 0 Å². The van der Waals surface area contributed by atoms with Crippen molar-refractivity contribution in [2.75, 3.05) is 5.32 Å². The zero-order valence-corrected chi connectivity index (χ0v) is 20.1. The van der Waals surface area contributed by atoms with Crippen LogP contribution >= 0.6 is 0 Å². The van der Waals surface area contributed by atoms with Gasteiger partial charge < -0.3 is 5.32 Å². The molecule has 1 N–H and O–H groups in total. The third-order valence-corrected chi connectivity index (χ3v) is 5.98. The first-order valence-corrected chi connectivity index (χ1v) is 11.5. The molecule has 0 aliphatic carbocycles. The molecule has 0 unspecified atom stereocenters. The van der Waals surface area contributed by atoms with E-state index in [2.05, 4.69) is 30.1 Å². The van der Waals surface area contributed by atoms with Crippen molar-refractivity contribution in [2.45, 2.75) is 26.8 Å². The third-order valence-electron chi connectivity index (χ3n) is 5.98. The van der Waals surface area contributed by atoms with Gasteiger partial charge in [0.05, 0.1) is 23.7 Å². The summed E-state index contributed by atoms with van der Waals surface area (Å²) < 4.78 is 1.71. The maximum absolute atomic E-state index is 14.2. The van der Waals surface area contributed by atoms with E-state index in [0.29, 0.717) is 28.4 Å². The van der Waals surface area contributed by atoms with E-state index < -0.39 is 0 Å². The van der Waals surface area contributed by atoms with Gasteiger partial charge in [-0.1, -0.05) is 36.4 Å². The van der Waals surface area contributed by atoms with Crippen LogP contribution in [0.4, 0.5) is 11.5 Å². The van der Waals surface area contributed by atoms with Crippen molar-refractivity contribution >= 4 is 22.3 Å². The number of pyridine rings is 1. The number of hydrogen-bond donors (Lipinski definition) is 1. The first-order valence-electron chi connectivity index (χ1n) is 11.5. The minimum atomic E-state index is -0.345. The van der Waals surface area contributed by atoms with E-state index >= 15 is 0 Å². The SMILES string of the molecule is [C-]#[N+]c1cnc(C)nc1N[C@@H](C)c1cc2cccc(-c3cc(C)ncn3)c2c(=O)n1-c1ccccc1. The van der Waals surface area contributed by atoms with Crippen molar-refractivity contribution in [3.05, 3.63) is 112 Å². The summed E-state index contributed by atoms with van der Waals surface area (Å²) >= 11 is 0. The summed E-state index contributed by atoms with van der Waals surface area (Å²) in [4.78, 5) is 34.9. The lowest BCUT2D eigenvalue weighted by Gasteiger charge is -2.22. The first kappa shape index (κ1) is 22.9. The molecule has 0 bridgehead atoms. The van der Waals surface area contributed by atoms with Crippen LogP contribution in [0.5, 0.6) is 0 Å². The van der Waals surface area contributed by atoms with Gasteiger partial charge >= 0.3 is 0 Å². The quantitative estimate of drug-likeness (QED) is 0.335. The molecule has 0 aliphatic rings. The summed E-state index contributed by atoms with van der Waals surface area (Å²) in [5.74, 6) is 0.989. The van der Waals surface area contributed by atoms with Gasteiger partial charge in [-0.3, -0.25) is 14.3 Å². The standard InChI is InChI=1S/C28H23N7O/c1-17-13-23(32-16-31-17)22-12-8-9-20-14-25(18(2)33-27-24(29-4)15-30-19(3)34-27)35(28(36)26(20)22)21-10-6-5-7-11-21/h5-16,18H,1-3H3,(H,30,33,34)/t18-/m0/s1. The molecule has 0 amide bonds. The van der Waals surface area contributed by atoms with Gasteiger partial charge in [-0.25, -0.2) is 19.8 Å². The highest BCUT2D eigenvalue weighted by Crippen LogP contribution is 2.31. The van der Waals surface area contributed by atoms with Crippen molar-refractivity contribution in [3.63, 3.8) is 0 Å². The van der Waals surface area contributed by atoms with Gasteiger partial charge in [0, 0.05) is 28.8 Å². The average Bonchev–Trinajstić information content (AvgIpc) is 2.89. The Balaban J connectivity index is 1.75. The molecule has 0 spiro atoms. The van der Waals surface area contributed by atoms with Crippen LogP contribution in [-0.2, 0) is 0 Å². The van der Waals surface area contributed by atoms with E-state index in [9.17, 15) is 4.79 Å². The van der Waals surface area contributed by atoms with Gasteiger partial charge in [-0.05, 0) is 50.4 Å². The Labute approximate surface area is 208 Å². The number of nitrogens with one attached hydrogen (secondary N) is 1. The Hall–Kier alpha value is -4.90. The van der Waals surface area contributed by atoms with Crippen LogP contribution in [0.1, 0.15) is 30.2 Å². The van der Waals surface area contributed by atoms with Gasteiger partial charge in [0.2, 0.25) is 5.69 Å². The van der Waals surface area contributed by atoms with Crippen LogP contribution in [0.15, 0.2) is 78.0 Å². The molecule has 0 fully saturated rings. The Morgan fingerprint density at radius 2 is 1.81 bits per heavy atom. The average molecular weight is 474 g/mol. The topological polar surface area (TPSA) is 90.0 Å². The smallest absolute Gasteiger partial charge is 0.263 e. The molecular formula is C28H23N7O. The lowest BCUT2D eigenvalue weighted by atomic mass is 10.0. The number of fused-ring (bicyclic) bond motifs is 1. The molecule has 0 saturated carbocycles. The monoisotopic (exact) mass is 473 g/mol. The van der Waals surface area contributed by atoms with Crippen LogP contribution < -0.4 is 10.9 Å². The lowest BCUT2D eigenvalue weighted by molar-refractivity contribution is 0.772. The first-order chi connectivity index (χ1) is 17.5. The normalized spacial score (nSPS) is 11.7. The van der Waals surface area contributed by atoms with Crippen molar-refractivity contribution in [1.29, 1.82) is 0 Å². The predicted molar refractivity (Wildman–Crippen MR) is 140 cm³/mol. The molecule has 8 nitrogen and oxygen atoms in total. The number of anilines is 1. The Bertz CT molecular complexity index is 1690. The second-order valence-electron chi connectivity index (χ2n) is 8.49. The van der Waals surface area contributed by atoms with Gasteiger partial charge in [0.1, 0.15) is 18.0 Å². The maximum Gasteiger partial charge on any atom is 0.263 e. The number of hydrogen-bond acceptors (Lipinski definition) is 6. The molecule has 3 aromatic heterocycles. The molecule has 0 radical (unpaired) electrons. The predicted octanol–water partition coefficient (Wildman–Crippen LogP) is 5.58. The fraction of sp³-hybridized carbons (Fsp3) is 0.143. The zero-order chi connectivity index (χ0) is 25.2. The summed E-state index contributed by atoms with van der Waals surface area (Å²) in [6, 6.07) is 18.8. The minimum Gasteiger partial charge on any atom is -0.371 e. The summed E-state index contributed by atoms with van der Waals surface area (Å²) in [5.41, 5.74) is 3.92. The van der Waals surface area contributed by atoms with E-state index in [-0.39, 0.29) is 11.6 Å². The van der Waals surface area contributed by atoms with Gasteiger partial charge in [0.15, 0.2) is 0 Å². The Kier molecular flexibility index (Phi) is 5.97. The highest BCUT2D eigenvalue weighted by atomic mass is 16.1. The van der Waals surface area contributed by atoms with Crippen molar-refractivity contribution < 1.29 is 0 Å². The van der Waals surface area contributed by atoms with E-state index in [1.807, 2.05) is 74.5 Å². The second kappa shape index (κ2) is 9.39. The van der Waals surface area contributed by atoms with Crippen molar-refractivity contribution in [3.8, 4) is 16.9 Å². The summed E-state index contributed by atoms with van der Waals surface area (Å²) in [7, 11) is 0. The lowest BCUT2D eigenvalue weighted by Crippen LogP contribution is -2.26. The molecule has 1 atom stereocenters. The second-order valence-corrected chi connectivity index (χ2v) is 8.49. The molecule has 3 heterocycles. The molecule has 2 aromatic carbocycles. The molecule has 0 aliphatic heterocycles. The third kappa shape index (κ3) is 4.18. The van der Waals surface area contributed by atoms with Gasteiger partial charge in [0.25, 0.3) is 5.56 Å². The van der Waals surface area contributed by atoms with Crippen LogP contribution in [0.3, 0.4) is 0 Å². The number of benzene rings is 2. The molecule has 8 heteroatoms. The van der Waals surface area contributed by atoms with Crippen LogP contribution in [0, 0.1) is 20.4 Å². The fourth-order valence-corrected chi connectivity index (χ4v) is 4.29. The number of aromatic nitrogens is 5. The molecular weight excluding hydrogens is 450 g/mol. The molecule has 5 aromatic rings. The van der Waals surface area contributed by atoms with Crippen LogP contribution in [0.25, 0.3) is 32.6 Å². The highest BCUT2D eigenvalue weighted by Gasteiger charge is 2.20. The van der Waals surface area contributed by atoms with Crippen LogP contribution in [-0.4, -0.2) is 24.5 Å². The van der Waals surface area contributed by atoms with E-state index in [0.717, 1.165) is 28.0 Å².